The summed E-state index contributed by atoms with van der Waals surface area (Å²) in [6.07, 6.45) is 15.4. The number of rotatable bonds is 29. The van der Waals surface area contributed by atoms with Gasteiger partial charge in [0.1, 0.15) is 44.0 Å². The molecule has 0 saturated carbocycles. The van der Waals surface area contributed by atoms with E-state index in [9.17, 15) is 37.6 Å². The van der Waals surface area contributed by atoms with Crippen molar-refractivity contribution in [2.45, 2.75) is 154 Å². The molecule has 0 amide bonds. The Labute approximate surface area is 462 Å². The summed E-state index contributed by atoms with van der Waals surface area (Å²) >= 11 is 12.7. The van der Waals surface area contributed by atoms with Crippen LogP contribution in [0.4, 0.5) is 11.4 Å². The largest absolute Gasteiger partial charge is 0.491 e. The predicted molar refractivity (Wildman–Crippen MR) is 297 cm³/mol. The molecule has 422 valence electrons. The van der Waals surface area contributed by atoms with E-state index in [1.54, 1.807) is 34.0 Å². The van der Waals surface area contributed by atoms with Gasteiger partial charge in [0.2, 0.25) is 5.79 Å². The quantitative estimate of drug-likeness (QED) is 0.0298. The molecule has 5 aromatic rings. The van der Waals surface area contributed by atoms with Gasteiger partial charge >= 0.3 is 17.6 Å². The van der Waals surface area contributed by atoms with Gasteiger partial charge in [-0.2, -0.15) is 18.6 Å². The van der Waals surface area contributed by atoms with E-state index in [0.29, 0.717) is 54.5 Å². The minimum Gasteiger partial charge on any atom is -0.491 e. The lowest BCUT2D eigenvalue weighted by atomic mass is 9.74. The molecule has 2 aromatic heterocycles. The van der Waals surface area contributed by atoms with Gasteiger partial charge in [-0.15, -0.1) is 0 Å². The Morgan fingerprint density at radius 3 is 1.86 bits per heavy atom. The lowest BCUT2D eigenvalue weighted by Crippen LogP contribution is -2.51. The third kappa shape index (κ3) is 16.3. The van der Waals surface area contributed by atoms with Crippen LogP contribution in [0.3, 0.4) is 0 Å². The highest BCUT2D eigenvalue weighted by atomic mass is 35.5. The Balaban J connectivity index is 0.000000295. The first-order chi connectivity index (χ1) is 36.9. The van der Waals surface area contributed by atoms with Gasteiger partial charge in [0.15, 0.2) is 5.25 Å². The Hall–Kier alpha value is -5.51. The van der Waals surface area contributed by atoms with Crippen LogP contribution in [0.25, 0.3) is 5.69 Å². The van der Waals surface area contributed by atoms with E-state index >= 15 is 0 Å². The molecule has 2 fully saturated rings. The standard InChI is InChI=1S/C35H38Cl2N8O4.C20H38O7S/c1-3-25(2)45-34(46)44(24-40-45)29-7-5-27(6-8-29)41-14-16-42(17-15-41)28-9-11-30(12-10-28)47-19-31-20-48-35(49-31,21-43-23-38-22-39-43)32-13-4-26(36)18-33(32)37;1-3-5-7-9-11-13-15-20(19(23)24,16-14-12-10-8-6-4-2)17(18(21)22)28(25,26)27/h4-13,18,22-25,31H,3,14-17,19-21H2,1-2H3;17H,3-16H2,1-2H3,(H,21,22)(H,23,24)(H,25,26,27)/t25?,31-,35-;/m0./s1. The molecule has 3 N–H and O–H groups in total. The first-order valence-corrected chi connectivity index (χ1v) is 29.2. The fourth-order valence-corrected chi connectivity index (χ4v) is 11.8. The van der Waals surface area contributed by atoms with E-state index < -0.39 is 38.5 Å². The van der Waals surface area contributed by atoms with Crippen LogP contribution in [0.15, 0.2) is 90.5 Å². The van der Waals surface area contributed by atoms with Crippen molar-refractivity contribution in [3.63, 3.8) is 0 Å². The molecule has 2 saturated heterocycles. The average Bonchev–Trinajstić information content (AvgIpc) is 4.20. The van der Waals surface area contributed by atoms with Crippen LogP contribution in [0.5, 0.6) is 5.75 Å². The van der Waals surface area contributed by atoms with Gasteiger partial charge in [-0.25, -0.2) is 23.7 Å². The molecule has 22 heteroatoms. The molecular weight excluding hydrogens is 1050 g/mol. The molecule has 3 aromatic carbocycles. The summed E-state index contributed by atoms with van der Waals surface area (Å²) in [6.45, 7) is 12.6. The summed E-state index contributed by atoms with van der Waals surface area (Å²) in [6, 6.07) is 21.6. The Bertz CT molecular complexity index is 2770. The molecular formula is C55H76Cl2N8O11S. The van der Waals surface area contributed by atoms with E-state index in [0.717, 1.165) is 107 Å². The third-order valence-electron chi connectivity index (χ3n) is 14.6. The summed E-state index contributed by atoms with van der Waals surface area (Å²) in [5.74, 6) is -3.67. The van der Waals surface area contributed by atoms with Crippen molar-refractivity contribution in [2.24, 2.45) is 5.41 Å². The molecule has 7 rings (SSSR count). The average molecular weight is 1130 g/mol. The first-order valence-electron chi connectivity index (χ1n) is 27.0. The molecule has 4 atom stereocenters. The van der Waals surface area contributed by atoms with Gasteiger partial charge in [0.05, 0.1) is 28.8 Å². The maximum absolute atomic E-state index is 12.8. The number of hydrogen-bond donors (Lipinski definition) is 3. The van der Waals surface area contributed by atoms with E-state index in [1.807, 2.05) is 44.2 Å². The number of aromatic nitrogens is 6. The van der Waals surface area contributed by atoms with Crippen LogP contribution in [0, 0.1) is 5.41 Å². The lowest BCUT2D eigenvalue weighted by Gasteiger charge is -2.37. The Morgan fingerprint density at radius 1 is 0.792 bits per heavy atom. The monoisotopic (exact) mass is 1130 g/mol. The summed E-state index contributed by atoms with van der Waals surface area (Å²) in [5.41, 5.74) is 1.64. The van der Waals surface area contributed by atoms with E-state index in [2.05, 4.69) is 63.1 Å². The van der Waals surface area contributed by atoms with Crippen molar-refractivity contribution >= 4 is 56.6 Å². The van der Waals surface area contributed by atoms with Gasteiger partial charge in [-0.05, 0) is 86.8 Å². The molecule has 0 bridgehead atoms. The van der Waals surface area contributed by atoms with Crippen molar-refractivity contribution in [3.05, 3.63) is 112 Å². The number of nitrogens with zero attached hydrogens (tertiary/aromatic N) is 8. The smallest absolute Gasteiger partial charge is 0.350 e. The van der Waals surface area contributed by atoms with Crippen LogP contribution in [0.2, 0.25) is 10.0 Å². The number of ether oxygens (including phenoxy) is 3. The summed E-state index contributed by atoms with van der Waals surface area (Å²) in [4.78, 5) is 45.3. The second-order valence-corrected chi connectivity index (χ2v) is 22.4. The summed E-state index contributed by atoms with van der Waals surface area (Å²) < 4.78 is 56.7. The zero-order chi connectivity index (χ0) is 55.6. The van der Waals surface area contributed by atoms with Gasteiger partial charge in [0, 0.05) is 48.1 Å². The minimum atomic E-state index is -5.05. The highest BCUT2D eigenvalue weighted by molar-refractivity contribution is 7.87. The zero-order valence-corrected chi connectivity index (χ0v) is 47.0. The van der Waals surface area contributed by atoms with Crippen LogP contribution in [-0.4, -0.2) is 115 Å². The number of unbranched alkanes of at least 4 members (excludes halogenated alkanes) is 10. The molecule has 0 spiro atoms. The van der Waals surface area contributed by atoms with Crippen molar-refractivity contribution in [1.29, 1.82) is 0 Å². The minimum absolute atomic E-state index is 0.0645. The fraction of sp³-hybridized carbons (Fsp3) is 0.564. The van der Waals surface area contributed by atoms with Crippen LogP contribution >= 0.6 is 23.2 Å². The Morgan fingerprint density at radius 2 is 1.35 bits per heavy atom. The summed E-state index contributed by atoms with van der Waals surface area (Å²) in [5, 5.41) is 26.4. The molecule has 2 unspecified atom stereocenters. The van der Waals surface area contributed by atoms with Crippen molar-refractivity contribution in [3.8, 4) is 11.4 Å². The van der Waals surface area contributed by atoms with Crippen molar-refractivity contribution in [2.75, 3.05) is 49.2 Å². The van der Waals surface area contributed by atoms with Gasteiger partial charge < -0.3 is 34.2 Å². The highest BCUT2D eigenvalue weighted by Gasteiger charge is 2.55. The number of piperazine rings is 1. The van der Waals surface area contributed by atoms with E-state index in [4.69, 9.17) is 37.4 Å². The maximum Gasteiger partial charge on any atom is 0.350 e. The molecule has 19 nitrogen and oxygen atoms in total. The zero-order valence-electron chi connectivity index (χ0n) is 44.7. The van der Waals surface area contributed by atoms with E-state index in [-0.39, 0.29) is 37.2 Å². The second kappa shape index (κ2) is 28.9. The van der Waals surface area contributed by atoms with Crippen molar-refractivity contribution < 1.29 is 47.0 Å². The predicted octanol–water partition coefficient (Wildman–Crippen LogP) is 10.5. The number of halogens is 2. The second-order valence-electron chi connectivity index (χ2n) is 20.0. The molecule has 0 radical (unpaired) electrons. The third-order valence-corrected chi connectivity index (χ3v) is 16.3. The van der Waals surface area contributed by atoms with Crippen LogP contribution in [0.1, 0.15) is 136 Å². The van der Waals surface area contributed by atoms with Crippen LogP contribution < -0.4 is 20.2 Å². The molecule has 2 aliphatic heterocycles. The Kier molecular flexibility index (Phi) is 22.8. The topological polar surface area (TPSA) is 234 Å². The number of carbonyl (C=O) groups is 2. The fourth-order valence-electron chi connectivity index (χ4n) is 10.0. The normalized spacial score (nSPS) is 17.7. The molecule has 77 heavy (non-hydrogen) atoms. The number of carboxylic acid groups (broad SMARTS) is 2. The summed E-state index contributed by atoms with van der Waals surface area (Å²) in [7, 11) is -5.05. The van der Waals surface area contributed by atoms with Crippen molar-refractivity contribution in [1.82, 2.24) is 29.1 Å². The number of benzene rings is 3. The first kappa shape index (κ1) is 60.7. The SMILES string of the molecule is CCC(C)n1ncn(-c2ccc(N3CCN(c4ccc(OC[C@H]5CO[C@](Cn6cncn6)(c6ccc(Cl)cc6Cl)O5)cc4)CC3)cc2)c1=O.CCCCCCCCC(CCCCCCCC)(C(=O)O)C(C(=O)O)S(=O)(=O)O. The molecule has 4 heterocycles. The van der Waals surface area contributed by atoms with Gasteiger partial charge in [-0.3, -0.25) is 14.1 Å². The number of carboxylic acids is 2. The lowest BCUT2D eigenvalue weighted by molar-refractivity contribution is -0.190. The maximum atomic E-state index is 12.8. The van der Waals surface area contributed by atoms with E-state index in [1.165, 1.54) is 11.0 Å². The molecule has 0 aliphatic carbocycles. The van der Waals surface area contributed by atoms with Crippen LogP contribution in [-0.2, 0) is 41.5 Å². The molecule has 2 aliphatic rings. The van der Waals surface area contributed by atoms with Gasteiger partial charge in [-0.1, -0.05) is 127 Å². The number of hydrogen-bond acceptors (Lipinski definition) is 13. The number of aliphatic carboxylic acids is 2. The highest BCUT2D eigenvalue weighted by Crippen LogP contribution is 2.42. The number of anilines is 2. The van der Waals surface area contributed by atoms with Gasteiger partial charge in [0.25, 0.3) is 10.1 Å².